The molecule has 2 fully saturated rings. The van der Waals surface area contributed by atoms with E-state index < -0.39 is 0 Å². The Morgan fingerprint density at radius 1 is 1.12 bits per heavy atom. The van der Waals surface area contributed by atoms with Crippen LogP contribution in [0.5, 0.6) is 0 Å². The lowest BCUT2D eigenvalue weighted by Crippen LogP contribution is -2.39. The minimum absolute atomic E-state index is 0.480. The van der Waals surface area contributed by atoms with Gasteiger partial charge in [0.2, 0.25) is 0 Å². The van der Waals surface area contributed by atoms with Gasteiger partial charge in [-0.05, 0) is 56.9 Å². The minimum Gasteiger partial charge on any atom is -0.381 e. The van der Waals surface area contributed by atoms with Crippen LogP contribution in [0.2, 0.25) is 0 Å². The van der Waals surface area contributed by atoms with E-state index >= 15 is 0 Å². The fraction of sp³-hybridized carbons (Fsp3) is 1.00. The first kappa shape index (κ1) is 13.6. The van der Waals surface area contributed by atoms with Gasteiger partial charge in [0.25, 0.3) is 0 Å². The Hall–Kier alpha value is 0.210. The zero-order chi connectivity index (χ0) is 12.1. The molecule has 2 nitrogen and oxygen atoms in total. The smallest absolute Gasteiger partial charge is 0.0586 e. The molecule has 4 atom stereocenters. The molecule has 3 heteroatoms. The number of rotatable bonds is 5. The topological polar surface area (TPSA) is 21.3 Å². The van der Waals surface area contributed by atoms with Crippen LogP contribution in [0.15, 0.2) is 0 Å². The molecule has 0 amide bonds. The molecular weight excluding hydrogens is 234 g/mol. The monoisotopic (exact) mass is 259 g/mol. The van der Waals surface area contributed by atoms with E-state index in [1.165, 1.54) is 51.5 Å². The number of hydrogen-bond acceptors (Lipinski definition) is 2. The molecule has 2 aliphatic rings. The van der Waals surface area contributed by atoms with Crippen LogP contribution in [-0.4, -0.2) is 31.7 Å². The number of alkyl halides is 1. The molecule has 0 spiro atoms. The van der Waals surface area contributed by atoms with Crippen LogP contribution in [0.1, 0.15) is 44.9 Å². The fourth-order valence-corrected chi connectivity index (χ4v) is 3.85. The van der Waals surface area contributed by atoms with Gasteiger partial charge >= 0.3 is 0 Å². The number of nitrogens with one attached hydrogen (secondary N) is 1. The first-order valence-electron chi connectivity index (χ1n) is 7.15. The van der Waals surface area contributed by atoms with Crippen molar-refractivity contribution >= 4 is 11.6 Å². The van der Waals surface area contributed by atoms with Crippen LogP contribution in [0.3, 0.4) is 0 Å². The molecule has 0 radical (unpaired) electrons. The van der Waals surface area contributed by atoms with Crippen LogP contribution < -0.4 is 5.32 Å². The quantitative estimate of drug-likeness (QED) is 0.766. The molecule has 2 rings (SSSR count). The maximum atomic E-state index is 6.02. The first-order valence-corrected chi connectivity index (χ1v) is 7.69. The third kappa shape index (κ3) is 3.84. The Labute approximate surface area is 110 Å². The van der Waals surface area contributed by atoms with E-state index in [0.717, 1.165) is 17.7 Å². The summed E-state index contributed by atoms with van der Waals surface area (Å²) < 4.78 is 5.47. The number of ether oxygens (including phenoxy) is 1. The zero-order valence-electron chi connectivity index (χ0n) is 11.0. The summed E-state index contributed by atoms with van der Waals surface area (Å²) in [5.74, 6) is 2.42. The molecule has 0 aromatic rings. The molecule has 0 aliphatic heterocycles. The average molecular weight is 260 g/mol. The van der Waals surface area contributed by atoms with Gasteiger partial charge in [0.05, 0.1) is 6.10 Å². The van der Waals surface area contributed by atoms with Gasteiger partial charge in [-0.3, -0.25) is 0 Å². The molecule has 0 aromatic carbocycles. The van der Waals surface area contributed by atoms with Gasteiger partial charge in [0, 0.05) is 19.0 Å². The molecule has 0 saturated heterocycles. The van der Waals surface area contributed by atoms with E-state index in [1.807, 2.05) is 7.11 Å². The number of methoxy groups -OCH3 is 1. The SMILES string of the molecule is COC1CCCC(NCC2CCCC2CCl)C1. The summed E-state index contributed by atoms with van der Waals surface area (Å²) in [5.41, 5.74) is 0. The van der Waals surface area contributed by atoms with E-state index in [4.69, 9.17) is 16.3 Å². The van der Waals surface area contributed by atoms with Crippen molar-refractivity contribution in [2.24, 2.45) is 11.8 Å². The molecular formula is C14H26ClNO. The van der Waals surface area contributed by atoms with Crippen molar-refractivity contribution in [3.05, 3.63) is 0 Å². The summed E-state index contributed by atoms with van der Waals surface area (Å²) in [6, 6.07) is 0.672. The zero-order valence-corrected chi connectivity index (χ0v) is 11.7. The van der Waals surface area contributed by atoms with Crippen LogP contribution in [-0.2, 0) is 4.74 Å². The van der Waals surface area contributed by atoms with E-state index in [1.54, 1.807) is 0 Å². The van der Waals surface area contributed by atoms with Crippen LogP contribution in [0, 0.1) is 11.8 Å². The molecule has 17 heavy (non-hydrogen) atoms. The van der Waals surface area contributed by atoms with Crippen molar-refractivity contribution in [1.29, 1.82) is 0 Å². The van der Waals surface area contributed by atoms with Crippen LogP contribution in [0.4, 0.5) is 0 Å². The lowest BCUT2D eigenvalue weighted by molar-refractivity contribution is 0.0580. The second kappa shape index (κ2) is 6.96. The van der Waals surface area contributed by atoms with Crippen LogP contribution in [0.25, 0.3) is 0 Å². The Bertz CT molecular complexity index is 224. The number of halogens is 1. The maximum absolute atomic E-state index is 6.02. The molecule has 2 saturated carbocycles. The van der Waals surface area contributed by atoms with E-state index in [9.17, 15) is 0 Å². The molecule has 0 heterocycles. The maximum Gasteiger partial charge on any atom is 0.0586 e. The molecule has 1 N–H and O–H groups in total. The lowest BCUT2D eigenvalue weighted by atomic mass is 9.91. The summed E-state index contributed by atoms with van der Waals surface area (Å²) in [7, 11) is 1.84. The lowest BCUT2D eigenvalue weighted by Gasteiger charge is -2.30. The van der Waals surface area contributed by atoms with Crippen molar-refractivity contribution in [3.8, 4) is 0 Å². The summed E-state index contributed by atoms with van der Waals surface area (Å²) in [4.78, 5) is 0. The Balaban J connectivity index is 1.70. The normalized spacial score (nSPS) is 38.5. The molecule has 4 unspecified atom stereocenters. The van der Waals surface area contributed by atoms with Gasteiger partial charge in [-0.1, -0.05) is 6.42 Å². The van der Waals surface area contributed by atoms with Crippen molar-refractivity contribution in [2.75, 3.05) is 19.5 Å². The predicted molar refractivity (Wildman–Crippen MR) is 72.6 cm³/mol. The van der Waals surface area contributed by atoms with Gasteiger partial charge in [-0.15, -0.1) is 11.6 Å². The van der Waals surface area contributed by atoms with Crippen LogP contribution >= 0.6 is 11.6 Å². The minimum atomic E-state index is 0.480. The summed E-state index contributed by atoms with van der Waals surface area (Å²) >= 11 is 6.02. The predicted octanol–water partition coefficient (Wildman–Crippen LogP) is 3.19. The second-order valence-corrected chi connectivity index (χ2v) is 6.04. The van der Waals surface area contributed by atoms with Crippen molar-refractivity contribution in [2.45, 2.75) is 57.1 Å². The highest BCUT2D eigenvalue weighted by Crippen LogP contribution is 2.32. The average Bonchev–Trinajstić information content (AvgIpc) is 2.84. The highest BCUT2D eigenvalue weighted by atomic mass is 35.5. The van der Waals surface area contributed by atoms with Crippen molar-refractivity contribution < 1.29 is 4.74 Å². The largest absolute Gasteiger partial charge is 0.381 e. The standard InChI is InChI=1S/C14H26ClNO/c1-17-14-7-3-6-13(8-14)16-10-12-5-2-4-11(12)9-15/h11-14,16H,2-10H2,1H3. The highest BCUT2D eigenvalue weighted by molar-refractivity contribution is 6.18. The summed E-state index contributed by atoms with van der Waals surface area (Å²) in [6.45, 7) is 1.17. The molecule has 100 valence electrons. The Morgan fingerprint density at radius 3 is 2.65 bits per heavy atom. The van der Waals surface area contributed by atoms with E-state index in [2.05, 4.69) is 5.32 Å². The van der Waals surface area contributed by atoms with Crippen molar-refractivity contribution in [3.63, 3.8) is 0 Å². The van der Waals surface area contributed by atoms with Gasteiger partial charge in [0.15, 0.2) is 0 Å². The van der Waals surface area contributed by atoms with Crippen molar-refractivity contribution in [1.82, 2.24) is 5.32 Å². The number of hydrogen-bond donors (Lipinski definition) is 1. The third-order valence-corrected chi connectivity index (χ3v) is 5.04. The summed E-state index contributed by atoms with van der Waals surface area (Å²) in [5, 5.41) is 3.75. The van der Waals surface area contributed by atoms with Gasteiger partial charge < -0.3 is 10.1 Å². The summed E-state index contributed by atoms with van der Waals surface area (Å²) in [6.07, 6.45) is 9.60. The third-order valence-electron chi connectivity index (χ3n) is 4.64. The fourth-order valence-electron chi connectivity index (χ4n) is 3.45. The second-order valence-electron chi connectivity index (χ2n) is 5.73. The molecule has 0 bridgehead atoms. The highest BCUT2D eigenvalue weighted by Gasteiger charge is 2.28. The van der Waals surface area contributed by atoms with Gasteiger partial charge in [0.1, 0.15) is 0 Å². The Morgan fingerprint density at radius 2 is 1.88 bits per heavy atom. The van der Waals surface area contributed by atoms with Gasteiger partial charge in [-0.2, -0.15) is 0 Å². The first-order chi connectivity index (χ1) is 8.33. The van der Waals surface area contributed by atoms with Gasteiger partial charge in [-0.25, -0.2) is 0 Å². The molecule has 0 aromatic heterocycles. The van der Waals surface area contributed by atoms with E-state index in [-0.39, 0.29) is 0 Å². The Kier molecular flexibility index (Phi) is 5.58. The molecule has 2 aliphatic carbocycles. The van der Waals surface area contributed by atoms with E-state index in [0.29, 0.717) is 12.1 Å².